The monoisotopic (exact) mass is 209 g/mol. The van der Waals surface area contributed by atoms with E-state index >= 15 is 0 Å². The molecular weight excluding hydrogens is 194 g/mol. The fraction of sp³-hybridized carbons (Fsp3) is 0.364. The molecule has 0 spiro atoms. The standard InChI is InChI=1S/C11H15NO3/c1-14-11(15-2)8-10(13)12-9-6-4-3-5-7-9/h3-7,11H,8H2,1-2H3,(H,12,13). The second-order valence-electron chi connectivity index (χ2n) is 3.02. The highest BCUT2D eigenvalue weighted by Gasteiger charge is 2.11. The number of anilines is 1. The predicted molar refractivity (Wildman–Crippen MR) is 57.5 cm³/mol. The molecule has 0 aliphatic heterocycles. The molecule has 0 radical (unpaired) electrons. The van der Waals surface area contributed by atoms with Gasteiger partial charge in [-0.3, -0.25) is 4.79 Å². The van der Waals surface area contributed by atoms with Gasteiger partial charge in [0.1, 0.15) is 0 Å². The van der Waals surface area contributed by atoms with E-state index in [4.69, 9.17) is 9.47 Å². The molecule has 0 bridgehead atoms. The van der Waals surface area contributed by atoms with Gasteiger partial charge in [0, 0.05) is 19.9 Å². The van der Waals surface area contributed by atoms with Gasteiger partial charge in [-0.1, -0.05) is 18.2 Å². The Balaban J connectivity index is 2.43. The molecule has 0 unspecified atom stereocenters. The summed E-state index contributed by atoms with van der Waals surface area (Å²) in [4.78, 5) is 11.5. The van der Waals surface area contributed by atoms with Gasteiger partial charge >= 0.3 is 0 Å². The first-order chi connectivity index (χ1) is 7.26. The molecule has 0 saturated carbocycles. The van der Waals surface area contributed by atoms with E-state index in [0.29, 0.717) is 0 Å². The Morgan fingerprint density at radius 3 is 2.40 bits per heavy atom. The van der Waals surface area contributed by atoms with Crippen LogP contribution in [-0.2, 0) is 14.3 Å². The Bertz CT molecular complexity index is 296. The summed E-state index contributed by atoms with van der Waals surface area (Å²) in [6.45, 7) is 0. The Hall–Kier alpha value is -1.39. The van der Waals surface area contributed by atoms with Gasteiger partial charge in [0.15, 0.2) is 6.29 Å². The lowest BCUT2D eigenvalue weighted by molar-refractivity contribution is -0.134. The normalized spacial score (nSPS) is 10.3. The molecule has 0 atom stereocenters. The van der Waals surface area contributed by atoms with Crippen molar-refractivity contribution in [3.8, 4) is 0 Å². The number of hydrogen-bond acceptors (Lipinski definition) is 3. The molecule has 82 valence electrons. The van der Waals surface area contributed by atoms with Crippen molar-refractivity contribution in [3.05, 3.63) is 30.3 Å². The maximum atomic E-state index is 11.5. The molecule has 4 nitrogen and oxygen atoms in total. The average molecular weight is 209 g/mol. The predicted octanol–water partition coefficient (Wildman–Crippen LogP) is 1.63. The van der Waals surface area contributed by atoms with E-state index in [-0.39, 0.29) is 12.3 Å². The summed E-state index contributed by atoms with van der Waals surface area (Å²) in [6, 6.07) is 9.27. The number of para-hydroxylation sites is 1. The third kappa shape index (κ3) is 4.10. The fourth-order valence-electron chi connectivity index (χ4n) is 1.15. The Labute approximate surface area is 89.2 Å². The van der Waals surface area contributed by atoms with Crippen LogP contribution in [0.4, 0.5) is 5.69 Å². The Morgan fingerprint density at radius 2 is 1.87 bits per heavy atom. The van der Waals surface area contributed by atoms with Gasteiger partial charge in [0.05, 0.1) is 6.42 Å². The minimum atomic E-state index is -0.492. The zero-order chi connectivity index (χ0) is 11.1. The number of methoxy groups -OCH3 is 2. The third-order valence-corrected chi connectivity index (χ3v) is 1.94. The Kier molecular flexibility index (Phi) is 4.80. The maximum Gasteiger partial charge on any atom is 0.229 e. The Morgan fingerprint density at radius 1 is 1.27 bits per heavy atom. The number of benzene rings is 1. The van der Waals surface area contributed by atoms with Crippen molar-refractivity contribution in [2.75, 3.05) is 19.5 Å². The summed E-state index contributed by atoms with van der Waals surface area (Å²) in [6.07, 6.45) is -0.309. The van der Waals surface area contributed by atoms with E-state index in [1.807, 2.05) is 30.3 Å². The number of hydrogen-bond donors (Lipinski definition) is 1. The van der Waals surface area contributed by atoms with Gasteiger partial charge in [0.25, 0.3) is 0 Å². The smallest absolute Gasteiger partial charge is 0.229 e. The van der Waals surface area contributed by atoms with Crippen LogP contribution in [-0.4, -0.2) is 26.4 Å². The highest BCUT2D eigenvalue weighted by molar-refractivity contribution is 5.90. The zero-order valence-electron chi connectivity index (χ0n) is 8.90. The lowest BCUT2D eigenvalue weighted by atomic mass is 10.3. The van der Waals surface area contributed by atoms with E-state index in [1.54, 1.807) is 0 Å². The minimum absolute atomic E-state index is 0.130. The van der Waals surface area contributed by atoms with Crippen LogP contribution in [0.1, 0.15) is 6.42 Å². The van der Waals surface area contributed by atoms with Crippen LogP contribution in [0.15, 0.2) is 30.3 Å². The van der Waals surface area contributed by atoms with Gasteiger partial charge < -0.3 is 14.8 Å². The minimum Gasteiger partial charge on any atom is -0.355 e. The van der Waals surface area contributed by atoms with Gasteiger partial charge in [-0.2, -0.15) is 0 Å². The van der Waals surface area contributed by atoms with Crippen LogP contribution in [0.3, 0.4) is 0 Å². The number of amides is 1. The highest BCUT2D eigenvalue weighted by atomic mass is 16.7. The first-order valence-electron chi connectivity index (χ1n) is 4.66. The molecule has 0 heterocycles. The molecule has 4 heteroatoms. The number of carbonyl (C=O) groups excluding carboxylic acids is 1. The molecule has 15 heavy (non-hydrogen) atoms. The van der Waals surface area contributed by atoms with Crippen molar-refractivity contribution in [3.63, 3.8) is 0 Å². The number of carbonyl (C=O) groups is 1. The molecular formula is C11H15NO3. The van der Waals surface area contributed by atoms with Crippen molar-refractivity contribution in [1.29, 1.82) is 0 Å². The van der Waals surface area contributed by atoms with E-state index < -0.39 is 6.29 Å². The number of nitrogens with one attached hydrogen (secondary N) is 1. The van der Waals surface area contributed by atoms with E-state index in [0.717, 1.165) is 5.69 Å². The highest BCUT2D eigenvalue weighted by Crippen LogP contribution is 2.07. The van der Waals surface area contributed by atoms with E-state index in [2.05, 4.69) is 5.32 Å². The number of rotatable bonds is 5. The van der Waals surface area contributed by atoms with Crippen molar-refractivity contribution < 1.29 is 14.3 Å². The number of ether oxygens (including phenoxy) is 2. The summed E-state index contributed by atoms with van der Waals surface area (Å²) in [5, 5.41) is 2.74. The molecule has 1 aromatic rings. The largest absolute Gasteiger partial charge is 0.355 e. The summed E-state index contributed by atoms with van der Waals surface area (Å²) in [7, 11) is 3.01. The lowest BCUT2D eigenvalue weighted by Gasteiger charge is -2.12. The fourth-order valence-corrected chi connectivity index (χ4v) is 1.15. The summed E-state index contributed by atoms with van der Waals surface area (Å²) >= 11 is 0. The second-order valence-corrected chi connectivity index (χ2v) is 3.02. The lowest BCUT2D eigenvalue weighted by Crippen LogP contribution is -2.22. The van der Waals surface area contributed by atoms with Gasteiger partial charge in [-0.05, 0) is 12.1 Å². The summed E-state index contributed by atoms with van der Waals surface area (Å²) in [5.74, 6) is -0.130. The van der Waals surface area contributed by atoms with Crippen LogP contribution in [0.2, 0.25) is 0 Å². The molecule has 1 aromatic carbocycles. The first kappa shape index (κ1) is 11.7. The van der Waals surface area contributed by atoms with Gasteiger partial charge in [-0.15, -0.1) is 0 Å². The quantitative estimate of drug-likeness (QED) is 0.750. The molecule has 0 fully saturated rings. The van der Waals surface area contributed by atoms with Crippen LogP contribution in [0.25, 0.3) is 0 Å². The molecule has 0 saturated heterocycles. The molecule has 1 N–H and O–H groups in total. The summed E-state index contributed by atoms with van der Waals surface area (Å²) < 4.78 is 9.85. The molecule has 1 rings (SSSR count). The van der Waals surface area contributed by atoms with Crippen molar-refractivity contribution in [1.82, 2.24) is 0 Å². The van der Waals surface area contributed by atoms with Crippen molar-refractivity contribution in [2.45, 2.75) is 12.7 Å². The third-order valence-electron chi connectivity index (χ3n) is 1.94. The van der Waals surface area contributed by atoms with E-state index in [9.17, 15) is 4.79 Å². The van der Waals surface area contributed by atoms with Crippen LogP contribution in [0, 0.1) is 0 Å². The van der Waals surface area contributed by atoms with Crippen molar-refractivity contribution in [2.24, 2.45) is 0 Å². The average Bonchev–Trinajstić information content (AvgIpc) is 2.27. The van der Waals surface area contributed by atoms with Gasteiger partial charge in [-0.25, -0.2) is 0 Å². The second kappa shape index (κ2) is 6.16. The molecule has 0 aromatic heterocycles. The van der Waals surface area contributed by atoms with Gasteiger partial charge in [0.2, 0.25) is 5.91 Å². The van der Waals surface area contributed by atoms with Crippen LogP contribution < -0.4 is 5.32 Å². The molecule has 0 aliphatic rings. The van der Waals surface area contributed by atoms with E-state index in [1.165, 1.54) is 14.2 Å². The SMILES string of the molecule is COC(CC(=O)Nc1ccccc1)OC. The van der Waals surface area contributed by atoms with Crippen molar-refractivity contribution >= 4 is 11.6 Å². The molecule has 0 aliphatic carbocycles. The van der Waals surface area contributed by atoms with Crippen LogP contribution >= 0.6 is 0 Å². The maximum absolute atomic E-state index is 11.5. The zero-order valence-corrected chi connectivity index (χ0v) is 8.90. The molecule has 1 amide bonds. The topological polar surface area (TPSA) is 47.6 Å². The first-order valence-corrected chi connectivity index (χ1v) is 4.66. The summed E-state index contributed by atoms with van der Waals surface area (Å²) in [5.41, 5.74) is 0.772. The van der Waals surface area contributed by atoms with Crippen LogP contribution in [0.5, 0.6) is 0 Å².